The first-order valence-corrected chi connectivity index (χ1v) is 7.39. The number of anilines is 1. The molecule has 0 aliphatic heterocycles. The van der Waals surface area contributed by atoms with Crippen molar-refractivity contribution in [2.45, 2.75) is 66.6 Å². The lowest BCUT2D eigenvalue weighted by Crippen LogP contribution is -2.48. The number of rotatable bonds is 5. The standard InChI is InChI=1S/C17H28N2O/c1-11(2)19(12(3)4)17(20)15(7)18-16-9-13(5)8-14(6)10-16/h8-12,15,18H,1-7H3/t15-/m0/s1. The molecule has 1 N–H and O–H groups in total. The molecule has 1 atom stereocenters. The Bertz CT molecular complexity index is 438. The third-order valence-electron chi connectivity index (χ3n) is 3.34. The summed E-state index contributed by atoms with van der Waals surface area (Å²) in [5.74, 6) is 0.147. The van der Waals surface area contributed by atoms with Gasteiger partial charge in [-0.2, -0.15) is 0 Å². The Morgan fingerprint density at radius 3 is 1.80 bits per heavy atom. The lowest BCUT2D eigenvalue weighted by molar-refractivity contribution is -0.135. The molecule has 0 aromatic heterocycles. The third-order valence-corrected chi connectivity index (χ3v) is 3.34. The fraction of sp³-hybridized carbons (Fsp3) is 0.588. The van der Waals surface area contributed by atoms with E-state index in [1.165, 1.54) is 11.1 Å². The van der Waals surface area contributed by atoms with Crippen LogP contribution in [0.3, 0.4) is 0 Å². The van der Waals surface area contributed by atoms with Crippen molar-refractivity contribution in [1.82, 2.24) is 4.90 Å². The molecular weight excluding hydrogens is 248 g/mol. The normalized spacial score (nSPS) is 12.7. The summed E-state index contributed by atoms with van der Waals surface area (Å²) >= 11 is 0. The van der Waals surface area contributed by atoms with Crippen molar-refractivity contribution in [1.29, 1.82) is 0 Å². The number of carbonyl (C=O) groups excluding carboxylic acids is 1. The van der Waals surface area contributed by atoms with Crippen LogP contribution in [0.5, 0.6) is 0 Å². The molecule has 0 aliphatic rings. The molecule has 0 unspecified atom stereocenters. The lowest BCUT2D eigenvalue weighted by Gasteiger charge is -2.33. The summed E-state index contributed by atoms with van der Waals surface area (Å²) in [5.41, 5.74) is 3.42. The maximum Gasteiger partial charge on any atom is 0.245 e. The van der Waals surface area contributed by atoms with Crippen LogP contribution in [0.1, 0.15) is 45.7 Å². The molecule has 1 aromatic carbocycles. The van der Waals surface area contributed by atoms with Gasteiger partial charge in [-0.15, -0.1) is 0 Å². The minimum atomic E-state index is -0.221. The van der Waals surface area contributed by atoms with E-state index in [9.17, 15) is 4.79 Å². The highest BCUT2D eigenvalue weighted by atomic mass is 16.2. The molecule has 0 aliphatic carbocycles. The molecule has 0 spiro atoms. The van der Waals surface area contributed by atoms with Crippen LogP contribution in [0.4, 0.5) is 5.69 Å². The number of benzene rings is 1. The van der Waals surface area contributed by atoms with E-state index in [-0.39, 0.29) is 24.0 Å². The fourth-order valence-electron chi connectivity index (χ4n) is 2.70. The topological polar surface area (TPSA) is 32.3 Å². The van der Waals surface area contributed by atoms with Gasteiger partial charge in [0.15, 0.2) is 0 Å². The van der Waals surface area contributed by atoms with Crippen molar-refractivity contribution in [3.8, 4) is 0 Å². The Hall–Kier alpha value is -1.51. The molecule has 0 saturated heterocycles. The van der Waals surface area contributed by atoms with Crippen molar-refractivity contribution in [2.24, 2.45) is 0 Å². The smallest absolute Gasteiger partial charge is 0.245 e. The summed E-state index contributed by atoms with van der Waals surface area (Å²) in [6.07, 6.45) is 0. The molecule has 0 bridgehead atoms. The van der Waals surface area contributed by atoms with Gasteiger partial charge in [-0.1, -0.05) is 6.07 Å². The maximum absolute atomic E-state index is 12.6. The van der Waals surface area contributed by atoms with E-state index < -0.39 is 0 Å². The molecular formula is C17H28N2O. The molecule has 1 aromatic rings. The van der Waals surface area contributed by atoms with Gasteiger partial charge < -0.3 is 10.2 Å². The Labute approximate surface area is 123 Å². The second-order valence-electron chi connectivity index (χ2n) is 6.18. The predicted octanol–water partition coefficient (Wildman–Crippen LogP) is 3.75. The molecule has 1 amide bonds. The lowest BCUT2D eigenvalue weighted by atomic mass is 10.1. The number of amides is 1. The number of nitrogens with one attached hydrogen (secondary N) is 1. The number of hydrogen-bond donors (Lipinski definition) is 1. The third kappa shape index (κ3) is 4.26. The molecule has 3 heteroatoms. The average Bonchev–Trinajstić information content (AvgIpc) is 2.25. The Balaban J connectivity index is 2.84. The van der Waals surface area contributed by atoms with E-state index in [2.05, 4.69) is 65.1 Å². The van der Waals surface area contributed by atoms with Crippen molar-refractivity contribution >= 4 is 11.6 Å². The van der Waals surface area contributed by atoms with Crippen molar-refractivity contribution in [2.75, 3.05) is 5.32 Å². The highest BCUT2D eigenvalue weighted by molar-refractivity contribution is 5.84. The second kappa shape index (κ2) is 6.78. The Kier molecular flexibility index (Phi) is 5.61. The maximum atomic E-state index is 12.6. The first kappa shape index (κ1) is 16.5. The SMILES string of the molecule is Cc1cc(C)cc(N[C@@H](C)C(=O)N(C(C)C)C(C)C)c1. The molecule has 0 heterocycles. The zero-order valence-corrected chi connectivity index (χ0v) is 13.8. The average molecular weight is 276 g/mol. The van der Waals surface area contributed by atoms with Gasteiger partial charge in [0, 0.05) is 17.8 Å². The van der Waals surface area contributed by atoms with Gasteiger partial charge in [0.05, 0.1) is 0 Å². The summed E-state index contributed by atoms with van der Waals surface area (Å²) < 4.78 is 0. The van der Waals surface area contributed by atoms with Crippen LogP contribution >= 0.6 is 0 Å². The molecule has 0 fully saturated rings. The van der Waals surface area contributed by atoms with Crippen LogP contribution in [0.25, 0.3) is 0 Å². The molecule has 20 heavy (non-hydrogen) atoms. The summed E-state index contributed by atoms with van der Waals surface area (Å²) in [6.45, 7) is 14.3. The molecule has 0 radical (unpaired) electrons. The van der Waals surface area contributed by atoms with Gasteiger partial charge in [-0.25, -0.2) is 0 Å². The van der Waals surface area contributed by atoms with Crippen LogP contribution in [0.2, 0.25) is 0 Å². The predicted molar refractivity (Wildman–Crippen MR) is 86.1 cm³/mol. The van der Waals surface area contributed by atoms with Crippen molar-refractivity contribution in [3.05, 3.63) is 29.3 Å². The number of nitrogens with zero attached hydrogens (tertiary/aromatic N) is 1. The van der Waals surface area contributed by atoms with E-state index in [1.807, 2.05) is 11.8 Å². The van der Waals surface area contributed by atoms with Gasteiger partial charge >= 0.3 is 0 Å². The van der Waals surface area contributed by atoms with E-state index in [4.69, 9.17) is 0 Å². The van der Waals surface area contributed by atoms with Gasteiger partial charge in [-0.3, -0.25) is 4.79 Å². The van der Waals surface area contributed by atoms with Crippen LogP contribution < -0.4 is 5.32 Å². The molecule has 112 valence electrons. The molecule has 0 saturated carbocycles. The molecule has 3 nitrogen and oxygen atoms in total. The Morgan fingerprint density at radius 2 is 1.40 bits per heavy atom. The summed E-state index contributed by atoms with van der Waals surface area (Å²) in [5, 5.41) is 3.32. The highest BCUT2D eigenvalue weighted by Gasteiger charge is 2.24. The number of carbonyl (C=O) groups is 1. The van der Waals surface area contributed by atoms with E-state index in [0.29, 0.717) is 0 Å². The minimum absolute atomic E-state index is 0.147. The van der Waals surface area contributed by atoms with Crippen molar-refractivity contribution < 1.29 is 4.79 Å². The Morgan fingerprint density at radius 1 is 0.950 bits per heavy atom. The summed E-state index contributed by atoms with van der Waals surface area (Å²) in [7, 11) is 0. The number of hydrogen-bond acceptors (Lipinski definition) is 2. The minimum Gasteiger partial charge on any atom is -0.374 e. The zero-order valence-electron chi connectivity index (χ0n) is 13.8. The van der Waals surface area contributed by atoms with Gasteiger partial charge in [0.1, 0.15) is 6.04 Å². The van der Waals surface area contributed by atoms with E-state index >= 15 is 0 Å². The van der Waals surface area contributed by atoms with Crippen LogP contribution in [0.15, 0.2) is 18.2 Å². The first-order chi connectivity index (χ1) is 9.22. The van der Waals surface area contributed by atoms with Crippen LogP contribution in [-0.4, -0.2) is 28.9 Å². The second-order valence-corrected chi connectivity index (χ2v) is 6.18. The van der Waals surface area contributed by atoms with Crippen molar-refractivity contribution in [3.63, 3.8) is 0 Å². The van der Waals surface area contributed by atoms with E-state index in [1.54, 1.807) is 0 Å². The first-order valence-electron chi connectivity index (χ1n) is 7.39. The van der Waals surface area contributed by atoms with E-state index in [0.717, 1.165) is 5.69 Å². The molecule has 1 rings (SSSR count). The van der Waals surface area contributed by atoms with Crippen LogP contribution in [0, 0.1) is 13.8 Å². The highest BCUT2D eigenvalue weighted by Crippen LogP contribution is 2.16. The summed E-state index contributed by atoms with van der Waals surface area (Å²) in [4.78, 5) is 14.5. The fourth-order valence-corrected chi connectivity index (χ4v) is 2.70. The summed E-state index contributed by atoms with van der Waals surface area (Å²) in [6, 6.07) is 6.49. The largest absolute Gasteiger partial charge is 0.374 e. The number of aryl methyl sites for hydroxylation is 2. The monoisotopic (exact) mass is 276 g/mol. The zero-order chi connectivity index (χ0) is 15.4. The quantitative estimate of drug-likeness (QED) is 0.888. The van der Waals surface area contributed by atoms with Gasteiger partial charge in [-0.05, 0) is 71.7 Å². The van der Waals surface area contributed by atoms with Crippen LogP contribution in [-0.2, 0) is 4.79 Å². The van der Waals surface area contributed by atoms with Gasteiger partial charge in [0.25, 0.3) is 0 Å². The van der Waals surface area contributed by atoms with Gasteiger partial charge in [0.2, 0.25) is 5.91 Å².